The van der Waals surface area contributed by atoms with E-state index in [1.54, 1.807) is 11.3 Å². The Kier molecular flexibility index (Phi) is 5.92. The summed E-state index contributed by atoms with van der Waals surface area (Å²) in [5, 5.41) is 6.19. The van der Waals surface area contributed by atoms with Crippen LogP contribution in [0.25, 0.3) is 9.88 Å². The van der Waals surface area contributed by atoms with Crippen LogP contribution in [0.5, 0.6) is 0 Å². The van der Waals surface area contributed by atoms with Gasteiger partial charge in [-0.15, -0.1) is 22.7 Å². The monoisotopic (exact) mass is 377 g/mol. The summed E-state index contributed by atoms with van der Waals surface area (Å²) < 4.78 is 0. The van der Waals surface area contributed by atoms with E-state index in [0.717, 1.165) is 33.3 Å². The molecule has 3 rings (SSSR count). The Balaban J connectivity index is 1.71. The maximum absolute atomic E-state index is 12.8. The minimum Gasteiger partial charge on any atom is -0.349 e. The van der Waals surface area contributed by atoms with Crippen LogP contribution in [-0.4, -0.2) is 42.0 Å². The second kappa shape index (κ2) is 7.98. The molecule has 4 nitrogen and oxygen atoms in total. The molecule has 1 aliphatic carbocycles. The molecule has 0 bridgehead atoms. The Labute approximate surface area is 158 Å². The predicted octanol–water partition coefficient (Wildman–Crippen LogP) is 4.56. The molecule has 2 aromatic heterocycles. The van der Waals surface area contributed by atoms with Gasteiger partial charge in [0.15, 0.2) is 0 Å². The van der Waals surface area contributed by atoms with Gasteiger partial charge in [0.1, 0.15) is 9.88 Å². The van der Waals surface area contributed by atoms with Gasteiger partial charge in [0.05, 0.1) is 10.6 Å². The van der Waals surface area contributed by atoms with Crippen molar-refractivity contribution in [2.75, 3.05) is 20.6 Å². The van der Waals surface area contributed by atoms with Crippen LogP contribution in [0, 0.1) is 6.92 Å². The predicted molar refractivity (Wildman–Crippen MR) is 107 cm³/mol. The summed E-state index contributed by atoms with van der Waals surface area (Å²) >= 11 is 3.16. The number of aryl methyl sites for hydroxylation is 1. The van der Waals surface area contributed by atoms with Gasteiger partial charge in [-0.1, -0.05) is 31.7 Å². The SMILES string of the molecule is Cc1nc(-c2cccs2)sc1C(=O)NCC1(N(C)C)CCCCCC1. The summed E-state index contributed by atoms with van der Waals surface area (Å²) in [6.45, 7) is 2.64. The van der Waals surface area contributed by atoms with Crippen molar-refractivity contribution in [3.05, 3.63) is 28.1 Å². The van der Waals surface area contributed by atoms with Crippen LogP contribution in [0.2, 0.25) is 0 Å². The van der Waals surface area contributed by atoms with Gasteiger partial charge >= 0.3 is 0 Å². The highest BCUT2D eigenvalue weighted by atomic mass is 32.1. The molecule has 0 radical (unpaired) electrons. The molecular weight excluding hydrogens is 350 g/mol. The molecule has 0 unspecified atom stereocenters. The summed E-state index contributed by atoms with van der Waals surface area (Å²) in [7, 11) is 4.29. The molecule has 0 aromatic carbocycles. The van der Waals surface area contributed by atoms with Gasteiger partial charge in [0, 0.05) is 12.1 Å². The molecule has 1 saturated carbocycles. The highest BCUT2D eigenvalue weighted by Gasteiger charge is 2.33. The van der Waals surface area contributed by atoms with Crippen LogP contribution >= 0.6 is 22.7 Å². The van der Waals surface area contributed by atoms with Crippen LogP contribution < -0.4 is 5.32 Å². The number of likely N-dealkylation sites (N-methyl/N-ethyl adjacent to an activating group) is 1. The number of rotatable bonds is 5. The van der Waals surface area contributed by atoms with Gasteiger partial charge in [0.25, 0.3) is 5.91 Å². The molecule has 136 valence electrons. The molecule has 0 spiro atoms. The lowest BCUT2D eigenvalue weighted by Crippen LogP contribution is -2.52. The lowest BCUT2D eigenvalue weighted by molar-refractivity contribution is 0.0872. The topological polar surface area (TPSA) is 45.2 Å². The fourth-order valence-corrected chi connectivity index (χ4v) is 5.39. The summed E-state index contributed by atoms with van der Waals surface area (Å²) in [6, 6.07) is 4.07. The van der Waals surface area contributed by atoms with E-state index in [1.807, 2.05) is 18.4 Å². The third-order valence-corrected chi connectivity index (χ3v) is 7.49. The van der Waals surface area contributed by atoms with Gasteiger partial charge < -0.3 is 10.2 Å². The molecule has 25 heavy (non-hydrogen) atoms. The zero-order chi connectivity index (χ0) is 17.9. The molecule has 0 aliphatic heterocycles. The molecular formula is C19H27N3OS2. The first-order valence-electron chi connectivity index (χ1n) is 8.99. The van der Waals surface area contributed by atoms with Crippen LogP contribution in [0.15, 0.2) is 17.5 Å². The maximum atomic E-state index is 12.8. The van der Waals surface area contributed by atoms with E-state index >= 15 is 0 Å². The fourth-order valence-electron chi connectivity index (χ4n) is 3.61. The summed E-state index contributed by atoms with van der Waals surface area (Å²) in [6.07, 6.45) is 7.42. The van der Waals surface area contributed by atoms with E-state index in [9.17, 15) is 4.79 Å². The number of carbonyl (C=O) groups is 1. The first kappa shape index (κ1) is 18.5. The minimum atomic E-state index is 0.0169. The molecule has 0 atom stereocenters. The number of hydrogen-bond acceptors (Lipinski definition) is 5. The third kappa shape index (κ3) is 4.13. The lowest BCUT2D eigenvalue weighted by Gasteiger charge is -2.39. The van der Waals surface area contributed by atoms with Crippen molar-refractivity contribution in [1.29, 1.82) is 0 Å². The quantitative estimate of drug-likeness (QED) is 0.777. The zero-order valence-electron chi connectivity index (χ0n) is 15.3. The Hall–Kier alpha value is -1.24. The van der Waals surface area contributed by atoms with Crippen molar-refractivity contribution in [3.63, 3.8) is 0 Å². The number of thiophene rings is 1. The van der Waals surface area contributed by atoms with Crippen LogP contribution in [0.4, 0.5) is 0 Å². The largest absolute Gasteiger partial charge is 0.349 e. The molecule has 1 fully saturated rings. The van der Waals surface area contributed by atoms with E-state index in [0.29, 0.717) is 6.54 Å². The number of thiazole rings is 1. The molecule has 1 aliphatic rings. The molecule has 1 amide bonds. The van der Waals surface area contributed by atoms with Crippen molar-refractivity contribution in [2.45, 2.75) is 51.0 Å². The van der Waals surface area contributed by atoms with Crippen LogP contribution in [0.1, 0.15) is 53.9 Å². The number of nitrogens with one attached hydrogen (secondary N) is 1. The molecule has 6 heteroatoms. The second-order valence-corrected chi connectivity index (χ2v) is 9.07. The summed E-state index contributed by atoms with van der Waals surface area (Å²) in [5.74, 6) is 0.0169. The number of carbonyl (C=O) groups excluding carboxylic acids is 1. The maximum Gasteiger partial charge on any atom is 0.263 e. The van der Waals surface area contributed by atoms with Gasteiger partial charge in [-0.2, -0.15) is 0 Å². The zero-order valence-corrected chi connectivity index (χ0v) is 16.9. The van der Waals surface area contributed by atoms with Crippen LogP contribution in [0.3, 0.4) is 0 Å². The molecule has 1 N–H and O–H groups in total. The average Bonchev–Trinajstić information content (AvgIpc) is 3.17. The van der Waals surface area contributed by atoms with Crippen LogP contribution in [-0.2, 0) is 0 Å². The summed E-state index contributed by atoms with van der Waals surface area (Å²) in [5.41, 5.74) is 0.909. The highest BCUT2D eigenvalue weighted by molar-refractivity contribution is 7.22. The highest BCUT2D eigenvalue weighted by Crippen LogP contribution is 2.32. The lowest BCUT2D eigenvalue weighted by atomic mass is 9.88. The Bertz CT molecular complexity index is 698. The van der Waals surface area contributed by atoms with Gasteiger partial charge in [-0.25, -0.2) is 4.98 Å². The van der Waals surface area contributed by atoms with Crippen molar-refractivity contribution in [3.8, 4) is 9.88 Å². The summed E-state index contributed by atoms with van der Waals surface area (Å²) in [4.78, 5) is 21.6. The fraction of sp³-hybridized carbons (Fsp3) is 0.579. The molecule has 0 saturated heterocycles. The van der Waals surface area contributed by atoms with Crippen molar-refractivity contribution < 1.29 is 4.79 Å². The average molecular weight is 378 g/mol. The second-order valence-electron chi connectivity index (χ2n) is 7.13. The van der Waals surface area contributed by atoms with E-state index in [4.69, 9.17) is 0 Å². The standard InChI is InChI=1S/C19H27N3OS2/c1-14-16(25-18(21-14)15-9-8-12-24-15)17(23)20-13-19(22(2)3)10-6-4-5-7-11-19/h8-9,12H,4-7,10-11,13H2,1-3H3,(H,20,23). The van der Waals surface area contributed by atoms with E-state index in [-0.39, 0.29) is 11.4 Å². The molecule has 2 heterocycles. The normalized spacial score (nSPS) is 17.4. The van der Waals surface area contributed by atoms with Crippen molar-refractivity contribution >= 4 is 28.6 Å². The Morgan fingerprint density at radius 3 is 2.60 bits per heavy atom. The van der Waals surface area contributed by atoms with E-state index < -0.39 is 0 Å². The van der Waals surface area contributed by atoms with Gasteiger partial charge in [-0.05, 0) is 45.3 Å². The Morgan fingerprint density at radius 2 is 2.00 bits per heavy atom. The number of hydrogen-bond donors (Lipinski definition) is 1. The third-order valence-electron chi connectivity index (χ3n) is 5.30. The van der Waals surface area contributed by atoms with E-state index in [1.165, 1.54) is 37.0 Å². The van der Waals surface area contributed by atoms with E-state index in [2.05, 4.69) is 35.4 Å². The van der Waals surface area contributed by atoms with Gasteiger partial charge in [-0.3, -0.25) is 4.79 Å². The molecule has 2 aromatic rings. The van der Waals surface area contributed by atoms with Gasteiger partial charge in [0.2, 0.25) is 0 Å². The smallest absolute Gasteiger partial charge is 0.263 e. The minimum absolute atomic E-state index is 0.0169. The number of nitrogens with zero attached hydrogens (tertiary/aromatic N) is 2. The number of amides is 1. The first-order chi connectivity index (χ1) is 12.0. The van der Waals surface area contributed by atoms with Crippen molar-refractivity contribution in [1.82, 2.24) is 15.2 Å². The first-order valence-corrected chi connectivity index (χ1v) is 10.7. The van der Waals surface area contributed by atoms with Crippen molar-refractivity contribution in [2.24, 2.45) is 0 Å². The number of aromatic nitrogens is 1. The Morgan fingerprint density at radius 1 is 1.28 bits per heavy atom.